The molecule has 0 radical (unpaired) electrons. The van der Waals surface area contributed by atoms with E-state index in [0.29, 0.717) is 5.57 Å². The van der Waals surface area contributed by atoms with Crippen molar-refractivity contribution in [1.82, 2.24) is 0 Å². The van der Waals surface area contributed by atoms with Crippen LogP contribution in [0.3, 0.4) is 0 Å². The lowest BCUT2D eigenvalue weighted by molar-refractivity contribution is -0.130. The minimum absolute atomic E-state index is 0.299. The summed E-state index contributed by atoms with van der Waals surface area (Å²) < 4.78 is 0. The Labute approximate surface area is 145 Å². The Morgan fingerprint density at radius 1 is 0.680 bits per heavy atom. The molecule has 0 unspecified atom stereocenters. The summed E-state index contributed by atoms with van der Waals surface area (Å²) in [4.78, 5) is 12.0. The molecular formula is C23H16O2. The predicted molar refractivity (Wildman–Crippen MR) is 103 cm³/mol. The van der Waals surface area contributed by atoms with Gasteiger partial charge in [-0.2, -0.15) is 0 Å². The molecule has 0 aliphatic heterocycles. The minimum Gasteiger partial charge on any atom is -0.478 e. The van der Waals surface area contributed by atoms with Crippen LogP contribution in [0.2, 0.25) is 0 Å². The van der Waals surface area contributed by atoms with E-state index in [2.05, 4.69) is 0 Å². The highest BCUT2D eigenvalue weighted by Crippen LogP contribution is 2.29. The zero-order chi connectivity index (χ0) is 17.2. The number of carboxylic acid groups (broad SMARTS) is 1. The third kappa shape index (κ3) is 2.79. The van der Waals surface area contributed by atoms with Crippen LogP contribution in [-0.2, 0) is 4.79 Å². The lowest BCUT2D eigenvalue weighted by Crippen LogP contribution is -2.00. The number of carboxylic acids is 1. The molecule has 0 atom stereocenters. The van der Waals surface area contributed by atoms with E-state index >= 15 is 0 Å². The third-order valence-corrected chi connectivity index (χ3v) is 4.43. The first-order valence-electron chi connectivity index (χ1n) is 8.15. The zero-order valence-corrected chi connectivity index (χ0v) is 13.5. The number of rotatable bonds is 3. The summed E-state index contributed by atoms with van der Waals surface area (Å²) >= 11 is 0. The lowest BCUT2D eigenvalue weighted by Gasteiger charge is -2.09. The van der Waals surface area contributed by atoms with Gasteiger partial charge in [0.1, 0.15) is 0 Å². The summed E-state index contributed by atoms with van der Waals surface area (Å²) in [5, 5.41) is 14.0. The van der Waals surface area contributed by atoms with Crippen molar-refractivity contribution in [1.29, 1.82) is 0 Å². The van der Waals surface area contributed by atoms with Crippen molar-refractivity contribution in [3.05, 3.63) is 96.1 Å². The summed E-state index contributed by atoms with van der Waals surface area (Å²) in [5.41, 5.74) is 1.94. The molecule has 0 bridgehead atoms. The fourth-order valence-corrected chi connectivity index (χ4v) is 3.25. The Bertz CT molecular complexity index is 1110. The maximum absolute atomic E-state index is 12.0. The Morgan fingerprint density at radius 2 is 1.24 bits per heavy atom. The number of fused-ring (bicyclic) bond motifs is 2. The molecule has 0 spiro atoms. The van der Waals surface area contributed by atoms with Crippen molar-refractivity contribution in [2.45, 2.75) is 0 Å². The van der Waals surface area contributed by atoms with Crippen molar-refractivity contribution in [3.63, 3.8) is 0 Å². The van der Waals surface area contributed by atoms with Crippen LogP contribution in [0, 0.1) is 0 Å². The van der Waals surface area contributed by atoms with Crippen LogP contribution < -0.4 is 0 Å². The van der Waals surface area contributed by atoms with Gasteiger partial charge in [-0.25, -0.2) is 4.79 Å². The Morgan fingerprint density at radius 3 is 1.96 bits per heavy atom. The topological polar surface area (TPSA) is 37.3 Å². The second kappa shape index (κ2) is 6.25. The van der Waals surface area contributed by atoms with Gasteiger partial charge in [0.05, 0.1) is 5.57 Å². The van der Waals surface area contributed by atoms with E-state index in [0.717, 1.165) is 32.7 Å². The molecule has 120 valence electrons. The third-order valence-electron chi connectivity index (χ3n) is 4.43. The predicted octanol–water partition coefficient (Wildman–Crippen LogP) is 5.62. The molecule has 0 saturated carbocycles. The van der Waals surface area contributed by atoms with E-state index in [1.54, 1.807) is 6.08 Å². The van der Waals surface area contributed by atoms with Crippen molar-refractivity contribution in [2.75, 3.05) is 0 Å². The lowest BCUT2D eigenvalue weighted by atomic mass is 9.95. The Kier molecular flexibility index (Phi) is 3.79. The van der Waals surface area contributed by atoms with E-state index in [1.165, 1.54) is 0 Å². The number of benzene rings is 4. The number of hydrogen-bond donors (Lipinski definition) is 1. The van der Waals surface area contributed by atoms with Gasteiger partial charge in [-0.3, -0.25) is 0 Å². The van der Waals surface area contributed by atoms with Gasteiger partial charge in [0.25, 0.3) is 0 Å². The SMILES string of the molecule is O=C(O)/C(=C/c1cccc2ccccc12)c1cccc2ccccc12. The van der Waals surface area contributed by atoms with Gasteiger partial charge in [0.15, 0.2) is 0 Å². The molecule has 4 rings (SSSR count). The molecule has 25 heavy (non-hydrogen) atoms. The molecule has 0 saturated heterocycles. The molecule has 4 aromatic carbocycles. The first kappa shape index (κ1) is 15.2. The van der Waals surface area contributed by atoms with Crippen molar-refractivity contribution in [2.24, 2.45) is 0 Å². The van der Waals surface area contributed by atoms with Gasteiger partial charge < -0.3 is 5.11 Å². The molecule has 0 aliphatic carbocycles. The zero-order valence-electron chi connectivity index (χ0n) is 13.5. The molecule has 1 N–H and O–H groups in total. The van der Waals surface area contributed by atoms with Crippen LogP contribution >= 0.6 is 0 Å². The minimum atomic E-state index is -0.927. The smallest absolute Gasteiger partial charge is 0.336 e. The molecular weight excluding hydrogens is 308 g/mol. The highest BCUT2D eigenvalue weighted by Gasteiger charge is 2.14. The highest BCUT2D eigenvalue weighted by molar-refractivity contribution is 6.24. The number of hydrogen-bond acceptors (Lipinski definition) is 1. The first-order chi connectivity index (χ1) is 12.2. The number of carbonyl (C=O) groups is 1. The van der Waals surface area contributed by atoms with Crippen LogP contribution in [0.15, 0.2) is 84.9 Å². The molecule has 4 aromatic rings. The summed E-state index contributed by atoms with van der Waals surface area (Å²) in [5.74, 6) is -0.927. The van der Waals surface area contributed by atoms with Gasteiger partial charge in [0.2, 0.25) is 0 Å². The Hall–Kier alpha value is -3.39. The van der Waals surface area contributed by atoms with Gasteiger partial charge in [0, 0.05) is 0 Å². The van der Waals surface area contributed by atoms with Gasteiger partial charge in [-0.15, -0.1) is 0 Å². The fourth-order valence-electron chi connectivity index (χ4n) is 3.25. The van der Waals surface area contributed by atoms with Crippen molar-refractivity contribution < 1.29 is 9.90 Å². The molecule has 0 heterocycles. The highest BCUT2D eigenvalue weighted by atomic mass is 16.4. The fraction of sp³-hybridized carbons (Fsp3) is 0. The van der Waals surface area contributed by atoms with E-state index in [4.69, 9.17) is 0 Å². The molecule has 0 amide bonds. The quantitative estimate of drug-likeness (QED) is 0.392. The van der Waals surface area contributed by atoms with E-state index in [-0.39, 0.29) is 0 Å². The van der Waals surface area contributed by atoms with Crippen molar-refractivity contribution >= 4 is 39.2 Å². The summed E-state index contributed by atoms with van der Waals surface area (Å²) in [6.07, 6.45) is 1.77. The van der Waals surface area contributed by atoms with Crippen molar-refractivity contribution in [3.8, 4) is 0 Å². The molecule has 0 fully saturated rings. The van der Waals surface area contributed by atoms with Crippen LogP contribution in [0.25, 0.3) is 33.2 Å². The first-order valence-corrected chi connectivity index (χ1v) is 8.15. The second-order valence-corrected chi connectivity index (χ2v) is 5.96. The van der Waals surface area contributed by atoms with Crippen LogP contribution in [0.5, 0.6) is 0 Å². The summed E-state index contributed by atoms with van der Waals surface area (Å²) in [7, 11) is 0. The standard InChI is InChI=1S/C23H16O2/c24-23(25)22(21-14-6-10-17-8-2-4-13-20(17)21)15-18-11-5-9-16-7-1-3-12-19(16)18/h1-15H,(H,24,25)/b22-15+. The normalized spacial score (nSPS) is 11.8. The average Bonchev–Trinajstić information content (AvgIpc) is 2.65. The van der Waals surface area contributed by atoms with Crippen LogP contribution in [0.4, 0.5) is 0 Å². The van der Waals surface area contributed by atoms with E-state index in [9.17, 15) is 9.90 Å². The van der Waals surface area contributed by atoms with Gasteiger partial charge in [-0.05, 0) is 38.7 Å². The maximum atomic E-state index is 12.0. The average molecular weight is 324 g/mol. The Balaban J connectivity index is 1.98. The number of aliphatic carboxylic acids is 1. The molecule has 2 heteroatoms. The second-order valence-electron chi connectivity index (χ2n) is 5.96. The van der Waals surface area contributed by atoms with Crippen LogP contribution in [0.1, 0.15) is 11.1 Å². The monoisotopic (exact) mass is 324 g/mol. The maximum Gasteiger partial charge on any atom is 0.336 e. The largest absolute Gasteiger partial charge is 0.478 e. The van der Waals surface area contributed by atoms with E-state index in [1.807, 2.05) is 84.9 Å². The molecule has 2 nitrogen and oxygen atoms in total. The van der Waals surface area contributed by atoms with E-state index < -0.39 is 5.97 Å². The van der Waals surface area contributed by atoms with Crippen LogP contribution in [-0.4, -0.2) is 11.1 Å². The summed E-state index contributed by atoms with van der Waals surface area (Å²) in [6.45, 7) is 0. The van der Waals surface area contributed by atoms with Gasteiger partial charge in [-0.1, -0.05) is 84.9 Å². The summed E-state index contributed by atoms with van der Waals surface area (Å²) in [6, 6.07) is 27.6. The molecule has 0 aliphatic rings. The van der Waals surface area contributed by atoms with Gasteiger partial charge >= 0.3 is 5.97 Å². The molecule has 0 aromatic heterocycles.